The van der Waals surface area contributed by atoms with E-state index >= 15 is 0 Å². The van der Waals surface area contributed by atoms with Gasteiger partial charge < -0.3 is 36.4 Å². The molecule has 6 atom stereocenters. The fourth-order valence-electron chi connectivity index (χ4n) is 11.9. The summed E-state index contributed by atoms with van der Waals surface area (Å²) in [5.74, 6) is 5.91. The van der Waals surface area contributed by atoms with Crippen molar-refractivity contribution in [3.05, 3.63) is 0 Å². The molecule has 6 rings (SSSR count). The second-order valence-electron chi connectivity index (χ2n) is 21.0. The first-order valence-electron chi connectivity index (χ1n) is 26.3. The molecule has 1 heterocycles. The molecule has 6 aliphatic rings. The molecule has 0 spiro atoms. The number of hydrogen-bond donors (Lipinski definition) is 6. The predicted octanol–water partition coefficient (Wildman–Crippen LogP) is 6.53. The maximum atomic E-state index is 14.7. The van der Waals surface area contributed by atoms with Crippen molar-refractivity contribution in [1.82, 2.24) is 26.6 Å². The number of fused-ring (bicyclic) bond motifs is 1. The molecule has 0 aromatic heterocycles. The Morgan fingerprint density at radius 3 is 2.08 bits per heavy atom. The third-order valence-corrected chi connectivity index (χ3v) is 16.0. The number of carbonyl (C=O) groups is 6. The topological polar surface area (TPSA) is 204 Å². The molecule has 0 bridgehead atoms. The number of carbonyl (C=O) groups excluding carboxylic acids is 5. The molecule has 6 N–H and O–H groups in total. The van der Waals surface area contributed by atoms with Crippen LogP contribution in [0.4, 0.5) is 0 Å². The Balaban J connectivity index is 1.17. The Morgan fingerprint density at radius 1 is 0.682 bits per heavy atom. The lowest BCUT2D eigenvalue weighted by Gasteiger charge is -2.37. The van der Waals surface area contributed by atoms with Gasteiger partial charge in [-0.05, 0) is 113 Å². The van der Waals surface area contributed by atoms with Crippen LogP contribution in [0.15, 0.2) is 4.99 Å². The number of nitrogens with one attached hydrogen (secondary N) is 5. The van der Waals surface area contributed by atoms with Crippen LogP contribution in [0.5, 0.6) is 0 Å². The van der Waals surface area contributed by atoms with Gasteiger partial charge in [-0.25, -0.2) is 0 Å². The van der Waals surface area contributed by atoms with E-state index in [9.17, 15) is 28.8 Å². The third kappa shape index (κ3) is 17.0. The molecule has 0 radical (unpaired) electrons. The molecule has 0 aromatic carbocycles. The van der Waals surface area contributed by atoms with Gasteiger partial charge in [-0.2, -0.15) is 0 Å². The molecule has 5 amide bonds. The quantitative estimate of drug-likeness (QED) is 0.0551. The number of amides is 5. The van der Waals surface area contributed by atoms with Crippen molar-refractivity contribution in [1.29, 1.82) is 0 Å². The highest BCUT2D eigenvalue weighted by Crippen LogP contribution is 2.41. The standard InChI is InChI=1S/C52H82N6O8/c1-35-18-26-41(27-19-35)66-34-48(60)56-45(29-25-40-32-54-43-16-9-8-15-42(40)43)51(64)58-46(31-37-20-23-39(24-21-37)38-13-6-3-7-14-38)52(65)57-44(28-22-36-11-4-2-5-12-36)50(63)55-33-47(59)53-30-10-17-49(61)62/h32,35-46H,2-24,26-28,30-31,33-34H2,1H3,(H,53,59)(H,55,63)(H,56,60)(H,57,65)(H,58,64)(H,61,62). The molecule has 0 aromatic rings. The van der Waals surface area contributed by atoms with Crippen LogP contribution in [0.1, 0.15) is 180 Å². The van der Waals surface area contributed by atoms with E-state index in [0.717, 1.165) is 115 Å². The van der Waals surface area contributed by atoms with E-state index in [1.54, 1.807) is 0 Å². The van der Waals surface area contributed by atoms with Crippen molar-refractivity contribution in [2.24, 2.45) is 46.4 Å². The number of carboxylic acid groups (broad SMARTS) is 1. The molecule has 14 heteroatoms. The number of hydrogen-bond acceptors (Lipinski definition) is 8. The van der Waals surface area contributed by atoms with Gasteiger partial charge in [0.15, 0.2) is 6.04 Å². The molecule has 5 saturated carbocycles. The first kappa shape index (κ1) is 51.4. The number of ether oxygens (including phenoxy) is 1. The van der Waals surface area contributed by atoms with E-state index in [1.807, 2.05) is 6.21 Å². The van der Waals surface area contributed by atoms with Gasteiger partial charge in [-0.1, -0.05) is 109 Å². The number of aliphatic carboxylic acids is 1. The number of aliphatic imine (C=N–C) groups is 1. The molecular weight excluding hydrogens is 837 g/mol. The zero-order valence-electron chi connectivity index (χ0n) is 40.0. The molecule has 1 aliphatic heterocycles. The van der Waals surface area contributed by atoms with Crippen LogP contribution >= 0.6 is 0 Å². The maximum absolute atomic E-state index is 14.7. The van der Waals surface area contributed by atoms with E-state index in [2.05, 4.69) is 45.3 Å². The highest BCUT2D eigenvalue weighted by molar-refractivity contribution is 5.96. The van der Waals surface area contributed by atoms with Gasteiger partial charge >= 0.3 is 5.97 Å². The summed E-state index contributed by atoms with van der Waals surface area (Å²) in [6.07, 6.45) is 27.9. The Kier molecular flexibility index (Phi) is 21.1. The predicted molar refractivity (Wildman–Crippen MR) is 254 cm³/mol. The van der Waals surface area contributed by atoms with Crippen molar-refractivity contribution in [2.75, 3.05) is 19.7 Å². The summed E-state index contributed by atoms with van der Waals surface area (Å²) >= 11 is 0. The van der Waals surface area contributed by atoms with Crippen molar-refractivity contribution in [2.45, 2.75) is 211 Å². The van der Waals surface area contributed by atoms with Crippen LogP contribution in [-0.2, 0) is 33.5 Å². The highest BCUT2D eigenvalue weighted by atomic mass is 16.5. The Morgan fingerprint density at radius 2 is 1.35 bits per heavy atom. The number of rotatable bonds is 21. The summed E-state index contributed by atoms with van der Waals surface area (Å²) in [5.41, 5.74) is 0. The van der Waals surface area contributed by atoms with Crippen molar-refractivity contribution < 1.29 is 38.6 Å². The van der Waals surface area contributed by atoms with Gasteiger partial charge in [-0.3, -0.25) is 33.8 Å². The van der Waals surface area contributed by atoms with E-state index in [-0.39, 0.29) is 62.4 Å². The monoisotopic (exact) mass is 919 g/mol. The first-order valence-corrected chi connectivity index (χ1v) is 26.3. The minimum Gasteiger partial charge on any atom is -0.481 e. The minimum absolute atomic E-state index is 0.00835. The van der Waals surface area contributed by atoms with Gasteiger partial charge in [0, 0.05) is 19.2 Å². The molecule has 14 nitrogen and oxygen atoms in total. The summed E-state index contributed by atoms with van der Waals surface area (Å²) < 4.78 is 6.03. The lowest BCUT2D eigenvalue weighted by atomic mass is 9.70. The molecule has 6 unspecified atom stereocenters. The van der Waals surface area contributed by atoms with Crippen LogP contribution in [0.3, 0.4) is 0 Å². The van der Waals surface area contributed by atoms with Crippen molar-refractivity contribution >= 4 is 41.7 Å². The highest BCUT2D eigenvalue weighted by Gasteiger charge is 2.37. The largest absolute Gasteiger partial charge is 0.481 e. The Bertz CT molecular complexity index is 1680. The maximum Gasteiger partial charge on any atom is 0.303 e. The van der Waals surface area contributed by atoms with Crippen LogP contribution in [0, 0.1) is 53.3 Å². The van der Waals surface area contributed by atoms with E-state index in [0.29, 0.717) is 30.6 Å². The zero-order valence-corrected chi connectivity index (χ0v) is 40.0. The lowest BCUT2D eigenvalue weighted by molar-refractivity contribution is -0.137. The van der Waals surface area contributed by atoms with Crippen molar-refractivity contribution in [3.8, 4) is 11.8 Å². The fourth-order valence-corrected chi connectivity index (χ4v) is 11.9. The van der Waals surface area contributed by atoms with Crippen molar-refractivity contribution in [3.63, 3.8) is 0 Å². The van der Waals surface area contributed by atoms with Crippen LogP contribution in [-0.4, -0.2) is 96.8 Å². The second kappa shape index (κ2) is 27.1. The van der Waals surface area contributed by atoms with Crippen LogP contribution in [0.25, 0.3) is 0 Å². The fraction of sp³-hybridized carbons (Fsp3) is 0.827. The summed E-state index contributed by atoms with van der Waals surface area (Å²) in [6, 6.07) is -2.94. The molecule has 5 aliphatic carbocycles. The minimum atomic E-state index is -1.24. The van der Waals surface area contributed by atoms with E-state index in [1.165, 1.54) is 38.5 Å². The third-order valence-electron chi connectivity index (χ3n) is 16.0. The molecule has 0 saturated heterocycles. The summed E-state index contributed by atoms with van der Waals surface area (Å²) in [7, 11) is 0. The second-order valence-corrected chi connectivity index (χ2v) is 21.0. The summed E-state index contributed by atoms with van der Waals surface area (Å²) in [5, 5.41) is 23.2. The molecule has 368 valence electrons. The molecule has 5 fully saturated rings. The van der Waals surface area contributed by atoms with E-state index in [4.69, 9.17) is 14.8 Å². The molecular formula is C52H82N6O8. The Labute approximate surface area is 394 Å². The zero-order chi connectivity index (χ0) is 46.7. The summed E-state index contributed by atoms with van der Waals surface area (Å²) in [4.78, 5) is 84.9. The number of carboxylic acids is 1. The van der Waals surface area contributed by atoms with Crippen LogP contribution in [0.2, 0.25) is 0 Å². The Hall–Kier alpha value is -3.99. The SMILES string of the molecule is CC1CCC(OCC(=O)NC(C#CC2C=NC3CCCCC23)C(=O)NC(CC2CCC(C3CCCCC3)CC2)C(=O)NC(CCC2CCCCC2)C(=O)NCC(=O)NCCCC(=O)O)CC1. The average Bonchev–Trinajstić information content (AvgIpc) is 3.75. The van der Waals surface area contributed by atoms with E-state index < -0.39 is 53.6 Å². The van der Waals surface area contributed by atoms with Crippen LogP contribution < -0.4 is 26.6 Å². The first-order chi connectivity index (χ1) is 32.0. The summed E-state index contributed by atoms with van der Waals surface area (Å²) in [6.45, 7) is 1.89. The number of nitrogens with zero attached hydrogens (tertiary/aromatic N) is 1. The van der Waals surface area contributed by atoms with Gasteiger partial charge in [0.05, 0.1) is 24.6 Å². The lowest BCUT2D eigenvalue weighted by Crippen LogP contribution is -2.57. The van der Waals surface area contributed by atoms with Gasteiger partial charge in [0.2, 0.25) is 23.6 Å². The molecule has 66 heavy (non-hydrogen) atoms. The van der Waals surface area contributed by atoms with Gasteiger partial charge in [-0.15, -0.1) is 0 Å². The normalized spacial score (nSPS) is 28.3. The van der Waals surface area contributed by atoms with Gasteiger partial charge in [0.1, 0.15) is 18.7 Å². The average molecular weight is 919 g/mol. The smallest absolute Gasteiger partial charge is 0.303 e. The van der Waals surface area contributed by atoms with Gasteiger partial charge in [0.25, 0.3) is 5.91 Å².